The van der Waals surface area contributed by atoms with E-state index in [2.05, 4.69) is 22.4 Å². The minimum absolute atomic E-state index is 1.03. The predicted octanol–water partition coefficient (Wildman–Crippen LogP) is 3.18. The second kappa shape index (κ2) is 7.44. The van der Waals surface area contributed by atoms with E-state index in [1.807, 2.05) is 12.3 Å². The summed E-state index contributed by atoms with van der Waals surface area (Å²) in [5.41, 5.74) is 1.19. The summed E-state index contributed by atoms with van der Waals surface area (Å²) in [7, 11) is 0. The molecule has 1 aromatic rings. The van der Waals surface area contributed by atoms with Gasteiger partial charge < -0.3 is 5.32 Å². The Morgan fingerprint density at radius 2 is 2.06 bits per heavy atom. The fraction of sp³-hybridized carbons (Fsp3) is 0.667. The Balaban J connectivity index is 1.46. The smallest absolute Gasteiger partial charge is 0.0416 e. The van der Waals surface area contributed by atoms with E-state index in [9.17, 15) is 0 Å². The summed E-state index contributed by atoms with van der Waals surface area (Å²) in [4.78, 5) is 4.32. The summed E-state index contributed by atoms with van der Waals surface area (Å²) in [6.07, 6.45) is 11.6. The zero-order chi connectivity index (χ0) is 11.8. The first kappa shape index (κ1) is 12.6. The summed E-state index contributed by atoms with van der Waals surface area (Å²) in [5.74, 6) is 1.03. The molecule has 1 aliphatic rings. The maximum atomic E-state index is 4.32. The highest BCUT2D eigenvalue weighted by atomic mass is 14.8. The number of hydrogen-bond donors (Lipinski definition) is 1. The van der Waals surface area contributed by atoms with E-state index in [0.717, 1.165) is 18.9 Å². The molecule has 0 amide bonds. The molecule has 1 fully saturated rings. The zero-order valence-electron chi connectivity index (χ0n) is 10.7. The Kier molecular flexibility index (Phi) is 5.50. The third-order valence-electron chi connectivity index (χ3n) is 3.72. The lowest BCUT2D eigenvalue weighted by atomic mass is 10.0. The molecule has 0 aromatic carbocycles. The van der Waals surface area contributed by atoms with Crippen molar-refractivity contribution in [2.45, 2.75) is 44.9 Å². The van der Waals surface area contributed by atoms with E-state index in [4.69, 9.17) is 0 Å². The molecule has 0 atom stereocenters. The lowest BCUT2D eigenvalue weighted by Gasteiger charge is -2.09. The van der Waals surface area contributed by atoms with Crippen molar-refractivity contribution in [1.29, 1.82) is 0 Å². The van der Waals surface area contributed by atoms with Gasteiger partial charge in [0, 0.05) is 24.9 Å². The van der Waals surface area contributed by atoms with Gasteiger partial charge in [-0.25, -0.2) is 0 Å². The number of aromatic nitrogens is 1. The molecule has 0 bridgehead atoms. The number of hydrogen-bond acceptors (Lipinski definition) is 2. The molecule has 1 saturated carbocycles. The summed E-state index contributed by atoms with van der Waals surface area (Å²) >= 11 is 0. The molecule has 17 heavy (non-hydrogen) atoms. The molecule has 1 aliphatic carbocycles. The Bertz CT molecular complexity index is 291. The van der Waals surface area contributed by atoms with Crippen molar-refractivity contribution in [1.82, 2.24) is 10.3 Å². The van der Waals surface area contributed by atoms with Crippen molar-refractivity contribution < 1.29 is 0 Å². The minimum atomic E-state index is 1.03. The average Bonchev–Trinajstić information content (AvgIpc) is 2.88. The van der Waals surface area contributed by atoms with Crippen LogP contribution >= 0.6 is 0 Å². The summed E-state index contributed by atoms with van der Waals surface area (Å²) < 4.78 is 0. The van der Waals surface area contributed by atoms with E-state index in [1.165, 1.54) is 50.8 Å². The highest BCUT2D eigenvalue weighted by molar-refractivity contribution is 5.03. The molecule has 0 spiro atoms. The largest absolute Gasteiger partial charge is 0.316 e. The van der Waals surface area contributed by atoms with Gasteiger partial charge in [-0.3, -0.25) is 4.98 Å². The molecule has 2 heteroatoms. The molecule has 94 valence electrons. The van der Waals surface area contributed by atoms with Crippen LogP contribution in [0.1, 0.15) is 44.2 Å². The Morgan fingerprint density at radius 1 is 1.18 bits per heavy atom. The molecule has 2 nitrogen and oxygen atoms in total. The maximum Gasteiger partial charge on any atom is 0.0416 e. The number of rotatable bonds is 7. The molecule has 1 heterocycles. The lowest BCUT2D eigenvalue weighted by Crippen LogP contribution is -2.19. The van der Waals surface area contributed by atoms with Crippen LogP contribution in [0.25, 0.3) is 0 Å². The van der Waals surface area contributed by atoms with E-state index >= 15 is 0 Å². The zero-order valence-corrected chi connectivity index (χ0v) is 10.7. The average molecular weight is 232 g/mol. The van der Waals surface area contributed by atoms with Gasteiger partial charge in [0.15, 0.2) is 0 Å². The van der Waals surface area contributed by atoms with E-state index < -0.39 is 0 Å². The van der Waals surface area contributed by atoms with Crippen LogP contribution in [-0.2, 0) is 6.42 Å². The maximum absolute atomic E-state index is 4.32. The third-order valence-corrected chi connectivity index (χ3v) is 3.72. The van der Waals surface area contributed by atoms with Crippen LogP contribution in [0.15, 0.2) is 24.4 Å². The van der Waals surface area contributed by atoms with Gasteiger partial charge in [-0.15, -0.1) is 0 Å². The molecule has 0 unspecified atom stereocenters. The highest BCUT2D eigenvalue weighted by Crippen LogP contribution is 2.28. The number of nitrogens with one attached hydrogen (secondary N) is 1. The summed E-state index contributed by atoms with van der Waals surface area (Å²) in [6.45, 7) is 2.23. The van der Waals surface area contributed by atoms with E-state index in [1.54, 1.807) is 0 Å². The first-order valence-corrected chi connectivity index (χ1v) is 7.06. The fourth-order valence-electron chi connectivity index (χ4n) is 2.70. The predicted molar refractivity (Wildman–Crippen MR) is 72.0 cm³/mol. The Morgan fingerprint density at radius 3 is 2.82 bits per heavy atom. The van der Waals surface area contributed by atoms with Gasteiger partial charge in [-0.1, -0.05) is 31.7 Å². The van der Waals surface area contributed by atoms with Gasteiger partial charge >= 0.3 is 0 Å². The van der Waals surface area contributed by atoms with Crippen molar-refractivity contribution in [3.8, 4) is 0 Å². The van der Waals surface area contributed by atoms with Gasteiger partial charge in [-0.05, 0) is 37.4 Å². The van der Waals surface area contributed by atoms with Crippen LogP contribution in [0.5, 0.6) is 0 Å². The highest BCUT2D eigenvalue weighted by Gasteiger charge is 2.13. The molecule has 0 radical (unpaired) electrons. The number of nitrogens with zero attached hydrogens (tertiary/aromatic N) is 1. The summed E-state index contributed by atoms with van der Waals surface area (Å²) in [6, 6.07) is 6.13. The number of pyridine rings is 1. The van der Waals surface area contributed by atoms with Crippen LogP contribution in [0.3, 0.4) is 0 Å². The molecule has 0 saturated heterocycles. The van der Waals surface area contributed by atoms with Crippen molar-refractivity contribution in [3.63, 3.8) is 0 Å². The Hall–Kier alpha value is -0.890. The quantitative estimate of drug-likeness (QED) is 0.730. The van der Waals surface area contributed by atoms with Crippen molar-refractivity contribution in [2.24, 2.45) is 5.92 Å². The van der Waals surface area contributed by atoms with Gasteiger partial charge in [0.2, 0.25) is 0 Å². The van der Waals surface area contributed by atoms with Crippen molar-refractivity contribution in [3.05, 3.63) is 30.1 Å². The van der Waals surface area contributed by atoms with Crippen molar-refractivity contribution >= 4 is 0 Å². The van der Waals surface area contributed by atoms with Gasteiger partial charge in [0.05, 0.1) is 0 Å². The molecular formula is C15H24N2. The van der Waals surface area contributed by atoms with Crippen molar-refractivity contribution in [2.75, 3.05) is 13.1 Å². The van der Waals surface area contributed by atoms with Gasteiger partial charge in [-0.2, -0.15) is 0 Å². The van der Waals surface area contributed by atoms with E-state index in [-0.39, 0.29) is 0 Å². The van der Waals surface area contributed by atoms with Crippen LogP contribution in [-0.4, -0.2) is 18.1 Å². The van der Waals surface area contributed by atoms with Gasteiger partial charge in [0.1, 0.15) is 0 Å². The molecule has 1 N–H and O–H groups in total. The summed E-state index contributed by atoms with van der Waals surface area (Å²) in [5, 5.41) is 3.52. The second-order valence-electron chi connectivity index (χ2n) is 5.11. The molecule has 2 rings (SSSR count). The van der Waals surface area contributed by atoms with E-state index in [0.29, 0.717) is 0 Å². The van der Waals surface area contributed by atoms with Crippen LogP contribution in [0, 0.1) is 5.92 Å². The molecule has 0 aliphatic heterocycles. The van der Waals surface area contributed by atoms with Crippen LogP contribution < -0.4 is 5.32 Å². The van der Waals surface area contributed by atoms with Gasteiger partial charge in [0.25, 0.3) is 0 Å². The standard InChI is InChI=1S/C15H24N2/c1-2-7-14(6-1)8-5-11-16-13-10-15-9-3-4-12-17-15/h3-4,9,12,14,16H,1-2,5-8,10-11,13H2. The normalized spacial score (nSPS) is 16.5. The first-order chi connectivity index (χ1) is 8.45. The van der Waals surface area contributed by atoms with Crippen LogP contribution in [0.4, 0.5) is 0 Å². The Labute approximate surface area is 105 Å². The molecule has 1 aromatic heterocycles. The monoisotopic (exact) mass is 232 g/mol. The fourth-order valence-corrected chi connectivity index (χ4v) is 2.70. The topological polar surface area (TPSA) is 24.9 Å². The second-order valence-corrected chi connectivity index (χ2v) is 5.11. The first-order valence-electron chi connectivity index (χ1n) is 7.06. The minimum Gasteiger partial charge on any atom is -0.316 e. The molecular weight excluding hydrogens is 208 g/mol. The van der Waals surface area contributed by atoms with Crippen LogP contribution in [0.2, 0.25) is 0 Å². The lowest BCUT2D eigenvalue weighted by molar-refractivity contribution is 0.471. The third kappa shape index (κ3) is 4.86. The SMILES string of the molecule is c1ccc(CCNCCCC2CCCC2)nc1.